The van der Waals surface area contributed by atoms with E-state index in [9.17, 15) is 0 Å². The fourth-order valence-electron chi connectivity index (χ4n) is 2.99. The molecule has 0 aromatic heterocycles. The first kappa shape index (κ1) is 17.7. The molecule has 0 unspecified atom stereocenters. The van der Waals surface area contributed by atoms with Crippen LogP contribution in [0, 0.1) is 13.8 Å². The maximum atomic E-state index is 6.43. The van der Waals surface area contributed by atoms with Gasteiger partial charge in [-0.2, -0.15) is 0 Å². The molecule has 24 heavy (non-hydrogen) atoms. The highest BCUT2D eigenvalue weighted by Crippen LogP contribution is 2.38. The third-order valence-electron chi connectivity index (χ3n) is 4.25. The van der Waals surface area contributed by atoms with Crippen molar-refractivity contribution < 1.29 is 0 Å². The van der Waals surface area contributed by atoms with E-state index in [0.29, 0.717) is 0 Å². The molecule has 0 fully saturated rings. The second kappa shape index (κ2) is 6.85. The summed E-state index contributed by atoms with van der Waals surface area (Å²) in [6, 6.07) is 17.8. The molecule has 0 aliphatic rings. The van der Waals surface area contributed by atoms with Crippen LogP contribution in [0.5, 0.6) is 0 Å². The maximum Gasteiger partial charge on any atom is 0.0429 e. The fourth-order valence-corrected chi connectivity index (χ4v) is 2.99. The van der Waals surface area contributed by atoms with Gasteiger partial charge >= 0.3 is 0 Å². The number of nitrogens with two attached hydrogens (primary N) is 3. The smallest absolute Gasteiger partial charge is 0.0429 e. The van der Waals surface area contributed by atoms with E-state index in [-0.39, 0.29) is 12.4 Å². The number of aryl methyl sites for hydroxylation is 1. The van der Waals surface area contributed by atoms with Crippen LogP contribution >= 0.6 is 12.4 Å². The Morgan fingerprint density at radius 2 is 1.12 bits per heavy atom. The number of nitrogen functional groups attached to an aromatic ring is 3. The Labute approximate surface area is 148 Å². The van der Waals surface area contributed by atoms with Crippen molar-refractivity contribution in [2.75, 3.05) is 17.2 Å². The molecule has 3 rings (SSSR count). The Balaban J connectivity index is 0.00000208. The third kappa shape index (κ3) is 3.17. The van der Waals surface area contributed by atoms with Crippen LogP contribution in [0.15, 0.2) is 54.6 Å². The van der Waals surface area contributed by atoms with Crippen molar-refractivity contribution in [2.24, 2.45) is 0 Å². The van der Waals surface area contributed by atoms with E-state index in [2.05, 4.69) is 19.9 Å². The second-order valence-electron chi connectivity index (χ2n) is 5.90. The molecule has 0 spiro atoms. The van der Waals surface area contributed by atoms with Gasteiger partial charge in [-0.25, -0.2) is 0 Å². The Hall–Kier alpha value is -2.65. The third-order valence-corrected chi connectivity index (χ3v) is 4.25. The first-order valence-electron chi connectivity index (χ1n) is 7.59. The van der Waals surface area contributed by atoms with Gasteiger partial charge in [0.15, 0.2) is 0 Å². The Morgan fingerprint density at radius 3 is 1.62 bits per heavy atom. The van der Waals surface area contributed by atoms with E-state index in [1.165, 1.54) is 11.1 Å². The van der Waals surface area contributed by atoms with Gasteiger partial charge in [-0.05, 0) is 72.0 Å². The number of hydrogen-bond acceptors (Lipinski definition) is 3. The standard InChI is InChI=1S/C20H21N3.ClH/c1-12-11-18(14-3-7-16(21)8-4-14)20(23)13(2)19(12)15-5-9-17(22)10-6-15;/h3-11H,21-23H2,1-2H3;1H. The van der Waals surface area contributed by atoms with Gasteiger partial charge in [-0.1, -0.05) is 24.3 Å². The zero-order valence-electron chi connectivity index (χ0n) is 13.8. The minimum atomic E-state index is 0. The monoisotopic (exact) mass is 339 g/mol. The molecular weight excluding hydrogens is 318 g/mol. The van der Waals surface area contributed by atoms with Gasteiger partial charge in [0.2, 0.25) is 0 Å². The predicted molar refractivity (Wildman–Crippen MR) is 107 cm³/mol. The van der Waals surface area contributed by atoms with Gasteiger partial charge in [-0.3, -0.25) is 0 Å². The summed E-state index contributed by atoms with van der Waals surface area (Å²) < 4.78 is 0. The Kier molecular flexibility index (Phi) is 5.05. The molecule has 3 nitrogen and oxygen atoms in total. The summed E-state index contributed by atoms with van der Waals surface area (Å²) in [5.74, 6) is 0. The average molecular weight is 340 g/mol. The number of halogens is 1. The van der Waals surface area contributed by atoms with E-state index in [0.717, 1.165) is 39.3 Å². The highest BCUT2D eigenvalue weighted by Gasteiger charge is 2.13. The number of hydrogen-bond donors (Lipinski definition) is 3. The summed E-state index contributed by atoms with van der Waals surface area (Å²) in [5, 5.41) is 0. The van der Waals surface area contributed by atoms with E-state index < -0.39 is 0 Å². The summed E-state index contributed by atoms with van der Waals surface area (Å²) in [4.78, 5) is 0. The van der Waals surface area contributed by atoms with Gasteiger partial charge in [-0.15, -0.1) is 12.4 Å². The van der Waals surface area contributed by atoms with Crippen molar-refractivity contribution in [3.8, 4) is 22.3 Å². The molecule has 4 heteroatoms. The van der Waals surface area contributed by atoms with Crippen molar-refractivity contribution in [1.29, 1.82) is 0 Å². The van der Waals surface area contributed by atoms with Crippen molar-refractivity contribution in [3.05, 3.63) is 65.7 Å². The van der Waals surface area contributed by atoms with E-state index in [1.807, 2.05) is 48.5 Å². The predicted octanol–water partition coefficient (Wildman–Crippen LogP) is 4.81. The Bertz CT molecular complexity index is 854. The molecule has 3 aromatic carbocycles. The lowest BCUT2D eigenvalue weighted by molar-refractivity contribution is 1.38. The molecule has 124 valence electrons. The van der Waals surface area contributed by atoms with Crippen LogP contribution in [0.1, 0.15) is 11.1 Å². The van der Waals surface area contributed by atoms with Gasteiger partial charge in [0.05, 0.1) is 0 Å². The minimum absolute atomic E-state index is 0. The second-order valence-corrected chi connectivity index (χ2v) is 5.90. The molecule has 0 heterocycles. The van der Waals surface area contributed by atoms with Crippen molar-refractivity contribution >= 4 is 29.5 Å². The zero-order valence-corrected chi connectivity index (χ0v) is 14.7. The van der Waals surface area contributed by atoms with Crippen LogP contribution < -0.4 is 17.2 Å². The highest BCUT2D eigenvalue weighted by molar-refractivity contribution is 5.87. The molecule has 0 bridgehead atoms. The summed E-state index contributed by atoms with van der Waals surface area (Å²) in [5.41, 5.74) is 27.0. The normalized spacial score (nSPS) is 10.2. The number of rotatable bonds is 2. The molecule has 0 atom stereocenters. The van der Waals surface area contributed by atoms with Crippen LogP contribution in [0.4, 0.5) is 17.1 Å². The molecule has 0 saturated carbocycles. The van der Waals surface area contributed by atoms with Crippen molar-refractivity contribution in [2.45, 2.75) is 13.8 Å². The number of benzene rings is 3. The quantitative estimate of drug-likeness (QED) is 0.586. The van der Waals surface area contributed by atoms with Crippen LogP contribution in [-0.4, -0.2) is 0 Å². The SMILES string of the molecule is Cc1cc(-c2ccc(N)cc2)c(N)c(C)c1-c1ccc(N)cc1.Cl. The summed E-state index contributed by atoms with van der Waals surface area (Å²) in [6.45, 7) is 4.17. The van der Waals surface area contributed by atoms with Crippen LogP contribution in [0.25, 0.3) is 22.3 Å². The first-order valence-corrected chi connectivity index (χ1v) is 7.59. The molecule has 0 saturated heterocycles. The maximum absolute atomic E-state index is 6.43. The van der Waals surface area contributed by atoms with Gasteiger partial charge in [0, 0.05) is 22.6 Å². The largest absolute Gasteiger partial charge is 0.399 e. The first-order chi connectivity index (χ1) is 11.0. The van der Waals surface area contributed by atoms with E-state index in [1.54, 1.807) is 0 Å². The zero-order chi connectivity index (χ0) is 16.6. The average Bonchev–Trinajstić information content (AvgIpc) is 2.54. The van der Waals surface area contributed by atoms with Gasteiger partial charge in [0.1, 0.15) is 0 Å². The summed E-state index contributed by atoms with van der Waals surface area (Å²) in [7, 11) is 0. The highest BCUT2D eigenvalue weighted by atomic mass is 35.5. The lowest BCUT2D eigenvalue weighted by Gasteiger charge is -2.17. The lowest BCUT2D eigenvalue weighted by atomic mass is 9.89. The van der Waals surface area contributed by atoms with Gasteiger partial charge < -0.3 is 17.2 Å². The molecule has 0 aliphatic heterocycles. The van der Waals surface area contributed by atoms with Crippen LogP contribution in [0.2, 0.25) is 0 Å². The molecule has 0 amide bonds. The van der Waals surface area contributed by atoms with Crippen molar-refractivity contribution in [1.82, 2.24) is 0 Å². The minimum Gasteiger partial charge on any atom is -0.399 e. The van der Waals surface area contributed by atoms with Crippen LogP contribution in [-0.2, 0) is 0 Å². The molecule has 6 N–H and O–H groups in total. The molecule has 0 aliphatic carbocycles. The van der Waals surface area contributed by atoms with E-state index >= 15 is 0 Å². The van der Waals surface area contributed by atoms with E-state index in [4.69, 9.17) is 17.2 Å². The Morgan fingerprint density at radius 1 is 0.667 bits per heavy atom. The van der Waals surface area contributed by atoms with Crippen LogP contribution in [0.3, 0.4) is 0 Å². The molecule has 0 radical (unpaired) electrons. The molecule has 3 aromatic rings. The topological polar surface area (TPSA) is 78.1 Å². The lowest BCUT2D eigenvalue weighted by Crippen LogP contribution is -1.99. The number of anilines is 3. The fraction of sp³-hybridized carbons (Fsp3) is 0.100. The van der Waals surface area contributed by atoms with Crippen molar-refractivity contribution in [3.63, 3.8) is 0 Å². The molecular formula is C20H22ClN3. The summed E-state index contributed by atoms with van der Waals surface area (Å²) >= 11 is 0. The van der Waals surface area contributed by atoms with Gasteiger partial charge in [0.25, 0.3) is 0 Å². The summed E-state index contributed by atoms with van der Waals surface area (Å²) in [6.07, 6.45) is 0.